The minimum atomic E-state index is -3.50. The summed E-state index contributed by atoms with van der Waals surface area (Å²) in [5.41, 5.74) is 3.11. The number of fused-ring (bicyclic) bond motifs is 2. The molecule has 0 bridgehead atoms. The summed E-state index contributed by atoms with van der Waals surface area (Å²) in [6.45, 7) is 12.8. The van der Waals surface area contributed by atoms with Crippen molar-refractivity contribution in [3.63, 3.8) is 0 Å². The van der Waals surface area contributed by atoms with Crippen LogP contribution in [0.4, 0.5) is 5.69 Å². The van der Waals surface area contributed by atoms with Gasteiger partial charge in [0.15, 0.2) is 0 Å². The fourth-order valence-electron chi connectivity index (χ4n) is 5.45. The van der Waals surface area contributed by atoms with Gasteiger partial charge < -0.3 is 8.97 Å². The van der Waals surface area contributed by atoms with Gasteiger partial charge in [-0.05, 0) is 38.3 Å². The highest BCUT2D eigenvalue weighted by molar-refractivity contribution is 7.93. The van der Waals surface area contributed by atoms with Gasteiger partial charge in [-0.25, -0.2) is 8.42 Å². The Labute approximate surface area is 168 Å². The fourth-order valence-corrected chi connectivity index (χ4v) is 7.50. The maximum atomic E-state index is 13.3. The molecule has 0 atom stereocenters. The van der Waals surface area contributed by atoms with Crippen LogP contribution in [-0.2, 0) is 23.1 Å². The van der Waals surface area contributed by atoms with Crippen molar-refractivity contribution < 1.29 is 17.4 Å². The topological polar surface area (TPSA) is 37.4 Å². The zero-order valence-corrected chi connectivity index (χ0v) is 18.4. The maximum absolute atomic E-state index is 13.3. The molecule has 0 aromatic heterocycles. The number of hydrogen-bond acceptors (Lipinski definition) is 2. The lowest BCUT2D eigenvalue weighted by molar-refractivity contribution is -1.03. The summed E-state index contributed by atoms with van der Waals surface area (Å²) in [7, 11) is 1.15. The monoisotopic (exact) mass is 401 g/mol. The molecule has 1 spiro atoms. The number of benzene rings is 2. The van der Waals surface area contributed by atoms with E-state index in [-0.39, 0.29) is 0 Å². The zero-order chi connectivity index (χ0) is 20.1. The third-order valence-corrected chi connectivity index (χ3v) is 9.13. The van der Waals surface area contributed by atoms with E-state index >= 15 is 0 Å². The molecule has 5 rings (SSSR count). The Morgan fingerprint density at radius 2 is 1.68 bits per heavy atom. The van der Waals surface area contributed by atoms with E-state index in [4.69, 9.17) is 0 Å². The second-order valence-corrected chi connectivity index (χ2v) is 12.4. The van der Waals surface area contributed by atoms with Gasteiger partial charge in [-0.2, -0.15) is 0 Å². The van der Waals surface area contributed by atoms with Crippen LogP contribution in [0.5, 0.6) is 0 Å². The Bertz CT molecular complexity index is 1100. The molecule has 150 valence electrons. The minimum Gasteiger partial charge on any atom is -0.319 e. The Kier molecular flexibility index (Phi) is 3.48. The standard InChI is InChI=1S/C22H31N3O2S/c1-22(2,3)23-19-13-16-14-25(11-9-24(4,5)10-12-25)15-18(16)17-7-6-8-20(21(17)19)28(23,26)27/h6-8,13H,9-12,14-15H2,1-5H3/q+2. The summed E-state index contributed by atoms with van der Waals surface area (Å²) < 4.78 is 30.5. The van der Waals surface area contributed by atoms with E-state index in [2.05, 4.69) is 26.2 Å². The molecule has 3 aliphatic rings. The van der Waals surface area contributed by atoms with Crippen LogP contribution in [0.2, 0.25) is 0 Å². The highest BCUT2D eigenvalue weighted by Crippen LogP contribution is 2.49. The van der Waals surface area contributed by atoms with Crippen LogP contribution in [0.25, 0.3) is 10.8 Å². The van der Waals surface area contributed by atoms with Gasteiger partial charge in [0.1, 0.15) is 39.3 Å². The number of quaternary nitrogens is 2. The van der Waals surface area contributed by atoms with Crippen molar-refractivity contribution in [2.45, 2.75) is 44.3 Å². The average Bonchev–Trinajstić information content (AvgIpc) is 3.05. The molecular formula is C22H31N3O2S+2. The van der Waals surface area contributed by atoms with Crippen LogP contribution in [0.1, 0.15) is 31.9 Å². The van der Waals surface area contributed by atoms with E-state index < -0.39 is 15.6 Å². The molecule has 0 saturated carbocycles. The number of hydrogen-bond donors (Lipinski definition) is 0. The van der Waals surface area contributed by atoms with Gasteiger partial charge in [0, 0.05) is 22.1 Å². The van der Waals surface area contributed by atoms with Gasteiger partial charge in [-0.3, -0.25) is 4.31 Å². The van der Waals surface area contributed by atoms with Gasteiger partial charge in [-0.1, -0.05) is 12.1 Å². The van der Waals surface area contributed by atoms with Gasteiger partial charge in [-0.15, -0.1) is 0 Å². The number of piperazine rings is 1. The van der Waals surface area contributed by atoms with E-state index in [1.165, 1.54) is 37.3 Å². The molecule has 1 saturated heterocycles. The van der Waals surface area contributed by atoms with E-state index in [1.807, 2.05) is 26.8 Å². The first-order valence-corrected chi connectivity index (χ1v) is 11.7. The third kappa shape index (κ3) is 2.41. The Hall–Kier alpha value is -1.63. The van der Waals surface area contributed by atoms with Crippen molar-refractivity contribution in [2.75, 3.05) is 44.6 Å². The smallest absolute Gasteiger partial charge is 0.265 e. The van der Waals surface area contributed by atoms with Gasteiger partial charge in [0.25, 0.3) is 10.0 Å². The lowest BCUT2D eigenvalue weighted by Gasteiger charge is -2.44. The molecule has 0 unspecified atom stereocenters. The summed E-state index contributed by atoms with van der Waals surface area (Å²) in [6, 6.07) is 8.02. The first kappa shape index (κ1) is 18.4. The van der Waals surface area contributed by atoms with Crippen LogP contribution in [0.3, 0.4) is 0 Å². The predicted molar refractivity (Wildman–Crippen MR) is 113 cm³/mol. The Morgan fingerprint density at radius 3 is 2.32 bits per heavy atom. The largest absolute Gasteiger partial charge is 0.319 e. The van der Waals surface area contributed by atoms with Crippen molar-refractivity contribution >= 4 is 26.5 Å². The molecule has 28 heavy (non-hydrogen) atoms. The Morgan fingerprint density at radius 1 is 1.00 bits per heavy atom. The van der Waals surface area contributed by atoms with Crippen molar-refractivity contribution in [2.24, 2.45) is 0 Å². The van der Waals surface area contributed by atoms with Gasteiger partial charge in [0.2, 0.25) is 0 Å². The maximum Gasteiger partial charge on any atom is 0.265 e. The van der Waals surface area contributed by atoms with E-state index in [0.29, 0.717) is 4.90 Å². The molecule has 5 nitrogen and oxygen atoms in total. The van der Waals surface area contributed by atoms with E-state index in [0.717, 1.165) is 38.5 Å². The molecule has 3 heterocycles. The average molecular weight is 402 g/mol. The minimum absolute atomic E-state index is 0.479. The molecule has 0 N–H and O–H groups in total. The third-order valence-electron chi connectivity index (χ3n) is 7.01. The summed E-state index contributed by atoms with van der Waals surface area (Å²) in [4.78, 5) is 0.479. The summed E-state index contributed by atoms with van der Waals surface area (Å²) in [5, 5.41) is 2.08. The molecular weight excluding hydrogens is 370 g/mol. The first-order valence-electron chi connectivity index (χ1n) is 10.2. The summed E-state index contributed by atoms with van der Waals surface area (Å²) >= 11 is 0. The number of sulfonamides is 1. The molecule has 2 aromatic rings. The van der Waals surface area contributed by atoms with Crippen molar-refractivity contribution in [3.8, 4) is 0 Å². The highest BCUT2D eigenvalue weighted by Gasteiger charge is 2.47. The van der Waals surface area contributed by atoms with Gasteiger partial charge in [0.05, 0.1) is 24.7 Å². The van der Waals surface area contributed by atoms with E-state index in [9.17, 15) is 8.42 Å². The quantitative estimate of drug-likeness (QED) is 0.636. The SMILES string of the molecule is CC(C)(C)N1c2cc3c(c4cccc(c24)S1(=O)=O)C[N+]1(CC[N+](C)(C)CC1)C3. The zero-order valence-electron chi connectivity index (χ0n) is 17.6. The molecule has 0 amide bonds. The lowest BCUT2D eigenvalue weighted by atomic mass is 9.98. The van der Waals surface area contributed by atoms with Crippen molar-refractivity contribution in [1.82, 2.24) is 0 Å². The molecule has 6 heteroatoms. The van der Waals surface area contributed by atoms with Crippen molar-refractivity contribution in [1.29, 1.82) is 0 Å². The van der Waals surface area contributed by atoms with Crippen molar-refractivity contribution in [3.05, 3.63) is 35.4 Å². The normalized spacial score (nSPS) is 24.1. The first-order chi connectivity index (χ1) is 12.9. The second-order valence-electron chi connectivity index (χ2n) is 10.6. The van der Waals surface area contributed by atoms with Crippen LogP contribution < -0.4 is 4.31 Å². The number of rotatable bonds is 0. The summed E-state index contributed by atoms with van der Waals surface area (Å²) in [5.74, 6) is 0. The molecule has 2 aromatic carbocycles. The van der Waals surface area contributed by atoms with Crippen LogP contribution >= 0.6 is 0 Å². The van der Waals surface area contributed by atoms with Crippen LogP contribution in [0.15, 0.2) is 29.2 Å². The highest BCUT2D eigenvalue weighted by atomic mass is 32.2. The number of likely N-dealkylation sites (N-methyl/N-ethyl adjacent to an activating group) is 1. The molecule has 0 radical (unpaired) electrons. The Balaban J connectivity index is 1.69. The number of anilines is 1. The van der Waals surface area contributed by atoms with E-state index in [1.54, 1.807) is 10.4 Å². The fraction of sp³-hybridized carbons (Fsp3) is 0.545. The van der Waals surface area contributed by atoms with Crippen LogP contribution in [0, 0.1) is 0 Å². The lowest BCUT2D eigenvalue weighted by Crippen LogP contribution is -2.61. The predicted octanol–water partition coefficient (Wildman–Crippen LogP) is 3.07. The van der Waals surface area contributed by atoms with Crippen LogP contribution in [-0.4, -0.2) is 63.2 Å². The molecule has 3 aliphatic heterocycles. The summed E-state index contributed by atoms with van der Waals surface area (Å²) in [6.07, 6.45) is 0. The second kappa shape index (κ2) is 5.29. The molecule has 1 fully saturated rings. The molecule has 0 aliphatic carbocycles. The number of nitrogens with zero attached hydrogens (tertiary/aromatic N) is 3. The van der Waals surface area contributed by atoms with Gasteiger partial charge >= 0.3 is 0 Å².